The molecule has 0 heterocycles. The van der Waals surface area contributed by atoms with E-state index in [-0.39, 0.29) is 0 Å². The second kappa shape index (κ2) is 5.94. The Morgan fingerprint density at radius 3 is 2.40 bits per heavy atom. The first-order valence-electron chi connectivity index (χ1n) is 5.22. The molecule has 0 spiro atoms. The lowest BCUT2D eigenvalue weighted by atomic mass is 10.0. The summed E-state index contributed by atoms with van der Waals surface area (Å²) in [5.74, 6) is 0.592. The van der Waals surface area contributed by atoms with Gasteiger partial charge in [0.1, 0.15) is 0 Å². The molecular weight excluding hydrogens is 206 g/mol. The topological polar surface area (TPSA) is 12.0 Å². The normalized spacial score (nSPS) is 10.7. The fourth-order valence-electron chi connectivity index (χ4n) is 1.36. The molecule has 0 saturated carbocycles. The Labute approximate surface area is 97.1 Å². The Balaban J connectivity index is 2.46. The van der Waals surface area contributed by atoms with Crippen molar-refractivity contribution in [3.8, 4) is 0 Å². The van der Waals surface area contributed by atoms with Gasteiger partial charge in [-0.3, -0.25) is 0 Å². The zero-order chi connectivity index (χ0) is 11.3. The molecule has 1 aromatic rings. The Morgan fingerprint density at radius 1 is 1.33 bits per heavy atom. The van der Waals surface area contributed by atoms with E-state index in [2.05, 4.69) is 50.0 Å². The van der Waals surface area contributed by atoms with Crippen LogP contribution in [0.4, 0.5) is 0 Å². The van der Waals surface area contributed by atoms with E-state index in [1.165, 1.54) is 11.1 Å². The van der Waals surface area contributed by atoms with Crippen molar-refractivity contribution in [2.75, 3.05) is 6.54 Å². The minimum absolute atomic E-state index is 0.592. The average molecular weight is 224 g/mol. The molecule has 1 aromatic carbocycles. The Bertz CT molecular complexity index is 314. The molecule has 0 amide bonds. The third kappa shape index (κ3) is 4.50. The van der Waals surface area contributed by atoms with Gasteiger partial charge in [0.05, 0.1) is 0 Å². The monoisotopic (exact) mass is 223 g/mol. The third-order valence-electron chi connectivity index (χ3n) is 2.29. The molecule has 2 heteroatoms. The van der Waals surface area contributed by atoms with Gasteiger partial charge in [0.2, 0.25) is 0 Å². The summed E-state index contributed by atoms with van der Waals surface area (Å²) in [6.07, 6.45) is 0. The van der Waals surface area contributed by atoms with Crippen LogP contribution in [0, 0.1) is 0 Å². The molecule has 0 bridgehead atoms. The lowest BCUT2D eigenvalue weighted by Gasteiger charge is -2.07. The largest absolute Gasteiger partial charge is 0.308 e. The van der Waals surface area contributed by atoms with Gasteiger partial charge < -0.3 is 5.32 Å². The first kappa shape index (κ1) is 12.3. The highest BCUT2D eigenvalue weighted by atomic mass is 35.5. The molecule has 0 saturated heterocycles. The van der Waals surface area contributed by atoms with Gasteiger partial charge >= 0.3 is 0 Å². The number of halogens is 1. The summed E-state index contributed by atoms with van der Waals surface area (Å²) in [6, 6.07) is 8.66. The van der Waals surface area contributed by atoms with Crippen LogP contribution in [0.25, 0.3) is 0 Å². The summed E-state index contributed by atoms with van der Waals surface area (Å²) < 4.78 is 0. The molecule has 0 aliphatic rings. The number of benzene rings is 1. The summed E-state index contributed by atoms with van der Waals surface area (Å²) in [6.45, 7) is 9.52. The van der Waals surface area contributed by atoms with E-state index in [1.807, 2.05) is 0 Å². The molecule has 82 valence electrons. The SMILES string of the molecule is C=C(Cl)CNCc1ccc(C(C)C)cc1. The van der Waals surface area contributed by atoms with Crippen molar-refractivity contribution in [2.24, 2.45) is 0 Å². The molecule has 0 aliphatic carbocycles. The predicted molar refractivity (Wildman–Crippen MR) is 67.2 cm³/mol. The minimum Gasteiger partial charge on any atom is -0.308 e. The van der Waals surface area contributed by atoms with Crippen LogP contribution < -0.4 is 5.32 Å². The standard InChI is InChI=1S/C13H18ClN/c1-10(2)13-6-4-12(5-7-13)9-15-8-11(3)14/h4-7,10,15H,3,8-9H2,1-2H3. The summed E-state index contributed by atoms with van der Waals surface area (Å²) >= 11 is 5.65. The van der Waals surface area contributed by atoms with Crippen molar-refractivity contribution in [3.05, 3.63) is 47.0 Å². The van der Waals surface area contributed by atoms with Crippen LogP contribution in [0.5, 0.6) is 0 Å². The van der Waals surface area contributed by atoms with E-state index in [9.17, 15) is 0 Å². The highest BCUT2D eigenvalue weighted by Gasteiger charge is 1.98. The molecule has 0 fully saturated rings. The van der Waals surface area contributed by atoms with Crippen molar-refractivity contribution >= 4 is 11.6 Å². The van der Waals surface area contributed by atoms with Gasteiger partial charge in [-0.25, -0.2) is 0 Å². The van der Waals surface area contributed by atoms with Crippen molar-refractivity contribution in [1.82, 2.24) is 5.32 Å². The Hall–Kier alpha value is -0.790. The zero-order valence-corrected chi connectivity index (χ0v) is 10.1. The molecule has 0 aromatic heterocycles. The van der Waals surface area contributed by atoms with Crippen LogP contribution in [-0.2, 0) is 6.54 Å². The maximum atomic E-state index is 5.65. The lowest BCUT2D eigenvalue weighted by Crippen LogP contribution is -2.14. The second-order valence-corrected chi connectivity index (χ2v) is 4.55. The van der Waals surface area contributed by atoms with Gasteiger partial charge in [0.25, 0.3) is 0 Å². The number of hydrogen-bond donors (Lipinski definition) is 1. The maximum absolute atomic E-state index is 5.65. The van der Waals surface area contributed by atoms with Crippen molar-refractivity contribution in [3.63, 3.8) is 0 Å². The molecule has 1 rings (SSSR count). The highest BCUT2D eigenvalue weighted by molar-refractivity contribution is 6.29. The van der Waals surface area contributed by atoms with Gasteiger partial charge in [0, 0.05) is 18.1 Å². The van der Waals surface area contributed by atoms with Gasteiger partial charge in [-0.05, 0) is 17.0 Å². The Morgan fingerprint density at radius 2 is 1.93 bits per heavy atom. The first-order valence-corrected chi connectivity index (χ1v) is 5.60. The summed E-state index contributed by atoms with van der Waals surface area (Å²) in [7, 11) is 0. The zero-order valence-electron chi connectivity index (χ0n) is 9.39. The fraction of sp³-hybridized carbons (Fsp3) is 0.385. The minimum atomic E-state index is 0.592. The smallest absolute Gasteiger partial charge is 0.0310 e. The molecular formula is C13H18ClN. The third-order valence-corrected chi connectivity index (χ3v) is 2.43. The van der Waals surface area contributed by atoms with Gasteiger partial charge in [0.15, 0.2) is 0 Å². The average Bonchev–Trinajstić information content (AvgIpc) is 2.18. The van der Waals surface area contributed by atoms with E-state index >= 15 is 0 Å². The van der Waals surface area contributed by atoms with Crippen molar-refractivity contribution in [1.29, 1.82) is 0 Å². The van der Waals surface area contributed by atoms with Crippen LogP contribution in [0.15, 0.2) is 35.9 Å². The second-order valence-electron chi connectivity index (χ2n) is 4.02. The van der Waals surface area contributed by atoms with Gasteiger partial charge in [-0.1, -0.05) is 56.3 Å². The van der Waals surface area contributed by atoms with Crippen LogP contribution in [0.1, 0.15) is 30.9 Å². The van der Waals surface area contributed by atoms with Crippen molar-refractivity contribution in [2.45, 2.75) is 26.3 Å². The maximum Gasteiger partial charge on any atom is 0.0310 e. The quantitative estimate of drug-likeness (QED) is 0.804. The van der Waals surface area contributed by atoms with Crippen LogP contribution in [0.3, 0.4) is 0 Å². The fourth-order valence-corrected chi connectivity index (χ4v) is 1.46. The van der Waals surface area contributed by atoms with E-state index < -0.39 is 0 Å². The van der Waals surface area contributed by atoms with E-state index in [4.69, 9.17) is 11.6 Å². The molecule has 0 aliphatic heterocycles. The molecule has 0 atom stereocenters. The van der Waals surface area contributed by atoms with Crippen molar-refractivity contribution < 1.29 is 0 Å². The number of nitrogens with one attached hydrogen (secondary N) is 1. The first-order chi connectivity index (χ1) is 7.09. The summed E-state index contributed by atoms with van der Waals surface area (Å²) in [5.41, 5.74) is 2.65. The van der Waals surface area contributed by atoms with Crippen LogP contribution in [0.2, 0.25) is 0 Å². The van der Waals surface area contributed by atoms with Crippen LogP contribution in [-0.4, -0.2) is 6.54 Å². The number of hydrogen-bond acceptors (Lipinski definition) is 1. The molecule has 1 nitrogen and oxygen atoms in total. The predicted octanol–water partition coefficient (Wildman–Crippen LogP) is 3.65. The molecule has 0 unspecified atom stereocenters. The summed E-state index contributed by atoms with van der Waals surface area (Å²) in [4.78, 5) is 0. The summed E-state index contributed by atoms with van der Waals surface area (Å²) in [5, 5.41) is 3.87. The number of rotatable bonds is 5. The lowest BCUT2D eigenvalue weighted by molar-refractivity contribution is 0.753. The highest BCUT2D eigenvalue weighted by Crippen LogP contribution is 2.14. The molecule has 15 heavy (non-hydrogen) atoms. The van der Waals surface area contributed by atoms with E-state index in [0.29, 0.717) is 17.5 Å². The van der Waals surface area contributed by atoms with E-state index in [1.54, 1.807) is 0 Å². The van der Waals surface area contributed by atoms with E-state index in [0.717, 1.165) is 6.54 Å². The van der Waals surface area contributed by atoms with Gasteiger partial charge in [-0.2, -0.15) is 0 Å². The molecule has 0 radical (unpaired) electrons. The van der Waals surface area contributed by atoms with Crippen LogP contribution >= 0.6 is 11.6 Å². The molecule has 1 N–H and O–H groups in total. The Kier molecular flexibility index (Phi) is 4.86. The van der Waals surface area contributed by atoms with Gasteiger partial charge in [-0.15, -0.1) is 0 Å².